The van der Waals surface area contributed by atoms with E-state index in [1.54, 1.807) is 0 Å². The van der Waals surface area contributed by atoms with E-state index in [2.05, 4.69) is 59.4 Å². The summed E-state index contributed by atoms with van der Waals surface area (Å²) < 4.78 is 0. The maximum absolute atomic E-state index is 4.57. The summed E-state index contributed by atoms with van der Waals surface area (Å²) in [5.74, 6) is 0. The van der Waals surface area contributed by atoms with Crippen molar-refractivity contribution in [2.45, 2.75) is 32.9 Å². The van der Waals surface area contributed by atoms with Crippen LogP contribution in [0.1, 0.15) is 35.3 Å². The van der Waals surface area contributed by atoms with Crippen LogP contribution in [0.2, 0.25) is 0 Å². The summed E-state index contributed by atoms with van der Waals surface area (Å²) in [6.45, 7) is 8.40. The second kappa shape index (κ2) is 7.03. The SMILES string of the molecule is CCc1ccc(C2CNCCN2Cc2ncccc2C)cc1. The number of nitrogens with zero attached hydrogens (tertiary/aromatic N) is 2. The highest BCUT2D eigenvalue weighted by Crippen LogP contribution is 2.24. The average molecular weight is 295 g/mol. The van der Waals surface area contributed by atoms with E-state index in [1.165, 1.54) is 22.4 Å². The van der Waals surface area contributed by atoms with Gasteiger partial charge in [-0.1, -0.05) is 37.3 Å². The van der Waals surface area contributed by atoms with Gasteiger partial charge in [-0.2, -0.15) is 0 Å². The van der Waals surface area contributed by atoms with Gasteiger partial charge in [-0.3, -0.25) is 9.88 Å². The summed E-state index contributed by atoms with van der Waals surface area (Å²) >= 11 is 0. The van der Waals surface area contributed by atoms with Crippen molar-refractivity contribution in [3.05, 3.63) is 65.0 Å². The first-order chi connectivity index (χ1) is 10.8. The van der Waals surface area contributed by atoms with Crippen LogP contribution >= 0.6 is 0 Å². The van der Waals surface area contributed by atoms with Gasteiger partial charge >= 0.3 is 0 Å². The Balaban J connectivity index is 1.80. The largest absolute Gasteiger partial charge is 0.314 e. The van der Waals surface area contributed by atoms with E-state index in [0.29, 0.717) is 6.04 Å². The fraction of sp³-hybridized carbons (Fsp3) is 0.421. The van der Waals surface area contributed by atoms with Crippen LogP contribution in [0.3, 0.4) is 0 Å². The van der Waals surface area contributed by atoms with E-state index in [0.717, 1.165) is 32.6 Å². The van der Waals surface area contributed by atoms with Gasteiger partial charge in [-0.15, -0.1) is 0 Å². The van der Waals surface area contributed by atoms with Crippen LogP contribution in [0.15, 0.2) is 42.6 Å². The molecule has 1 unspecified atom stereocenters. The third-order valence-corrected chi connectivity index (χ3v) is 4.60. The van der Waals surface area contributed by atoms with Crippen molar-refractivity contribution >= 4 is 0 Å². The zero-order valence-corrected chi connectivity index (χ0v) is 13.5. The normalized spacial score (nSPS) is 19.3. The predicted molar refractivity (Wildman–Crippen MR) is 90.8 cm³/mol. The molecule has 1 N–H and O–H groups in total. The molecule has 3 nitrogen and oxygen atoms in total. The Labute approximate surface area is 133 Å². The Hall–Kier alpha value is -1.71. The molecule has 1 aliphatic heterocycles. The van der Waals surface area contributed by atoms with Crippen molar-refractivity contribution in [1.82, 2.24) is 15.2 Å². The predicted octanol–water partition coefficient (Wildman–Crippen LogP) is 3.10. The highest BCUT2D eigenvalue weighted by molar-refractivity contribution is 5.26. The zero-order chi connectivity index (χ0) is 15.4. The minimum Gasteiger partial charge on any atom is -0.314 e. The topological polar surface area (TPSA) is 28.2 Å². The molecule has 1 atom stereocenters. The number of piperazine rings is 1. The highest BCUT2D eigenvalue weighted by atomic mass is 15.2. The summed E-state index contributed by atoms with van der Waals surface area (Å²) in [6.07, 6.45) is 3.00. The molecule has 1 aliphatic rings. The smallest absolute Gasteiger partial charge is 0.0573 e. The van der Waals surface area contributed by atoms with Gasteiger partial charge in [0.2, 0.25) is 0 Å². The second-order valence-electron chi connectivity index (χ2n) is 6.05. The van der Waals surface area contributed by atoms with Gasteiger partial charge in [0.05, 0.1) is 5.69 Å². The van der Waals surface area contributed by atoms with Crippen molar-refractivity contribution in [2.75, 3.05) is 19.6 Å². The minimum atomic E-state index is 0.432. The zero-order valence-electron chi connectivity index (χ0n) is 13.5. The monoisotopic (exact) mass is 295 g/mol. The molecule has 0 amide bonds. The number of nitrogens with one attached hydrogen (secondary N) is 1. The quantitative estimate of drug-likeness (QED) is 0.939. The Kier molecular flexibility index (Phi) is 4.86. The van der Waals surface area contributed by atoms with Gasteiger partial charge < -0.3 is 5.32 Å². The maximum Gasteiger partial charge on any atom is 0.0573 e. The Morgan fingerprint density at radius 1 is 1.23 bits per heavy atom. The Bertz CT molecular complexity index is 606. The van der Waals surface area contributed by atoms with Crippen LogP contribution in [-0.4, -0.2) is 29.5 Å². The number of aromatic nitrogens is 1. The van der Waals surface area contributed by atoms with Crippen molar-refractivity contribution in [2.24, 2.45) is 0 Å². The van der Waals surface area contributed by atoms with Gasteiger partial charge in [-0.25, -0.2) is 0 Å². The van der Waals surface area contributed by atoms with Gasteiger partial charge in [0, 0.05) is 38.4 Å². The Morgan fingerprint density at radius 2 is 2.05 bits per heavy atom. The van der Waals surface area contributed by atoms with E-state index in [-0.39, 0.29) is 0 Å². The number of pyridine rings is 1. The van der Waals surface area contributed by atoms with E-state index in [9.17, 15) is 0 Å². The minimum absolute atomic E-state index is 0.432. The summed E-state index contributed by atoms with van der Waals surface area (Å²) in [4.78, 5) is 7.11. The van der Waals surface area contributed by atoms with Gasteiger partial charge in [-0.05, 0) is 36.1 Å². The fourth-order valence-corrected chi connectivity index (χ4v) is 3.12. The first-order valence-corrected chi connectivity index (χ1v) is 8.22. The maximum atomic E-state index is 4.57. The summed E-state index contributed by atoms with van der Waals surface area (Å²) in [7, 11) is 0. The molecular weight excluding hydrogens is 270 g/mol. The number of aryl methyl sites for hydroxylation is 2. The van der Waals surface area contributed by atoms with Gasteiger partial charge in [0.1, 0.15) is 0 Å². The third kappa shape index (κ3) is 3.37. The van der Waals surface area contributed by atoms with Crippen molar-refractivity contribution in [3.63, 3.8) is 0 Å². The lowest BCUT2D eigenvalue weighted by Crippen LogP contribution is -2.45. The first kappa shape index (κ1) is 15.2. The Morgan fingerprint density at radius 3 is 2.77 bits per heavy atom. The lowest BCUT2D eigenvalue weighted by atomic mass is 10.0. The third-order valence-electron chi connectivity index (χ3n) is 4.60. The van der Waals surface area contributed by atoms with Crippen molar-refractivity contribution in [3.8, 4) is 0 Å². The van der Waals surface area contributed by atoms with E-state index in [4.69, 9.17) is 0 Å². The number of hydrogen-bond donors (Lipinski definition) is 1. The molecular formula is C19H25N3. The average Bonchev–Trinajstić information content (AvgIpc) is 2.58. The molecule has 3 rings (SSSR count). The van der Waals surface area contributed by atoms with Crippen LogP contribution in [-0.2, 0) is 13.0 Å². The fourth-order valence-electron chi connectivity index (χ4n) is 3.12. The molecule has 0 aliphatic carbocycles. The molecule has 2 aromatic rings. The molecule has 2 heterocycles. The molecule has 3 heteroatoms. The molecule has 22 heavy (non-hydrogen) atoms. The number of hydrogen-bond acceptors (Lipinski definition) is 3. The van der Waals surface area contributed by atoms with Crippen LogP contribution in [0, 0.1) is 6.92 Å². The lowest BCUT2D eigenvalue weighted by Gasteiger charge is -2.36. The summed E-state index contributed by atoms with van der Waals surface area (Å²) in [5.41, 5.74) is 5.28. The molecule has 1 aromatic carbocycles. The van der Waals surface area contributed by atoms with Gasteiger partial charge in [0.25, 0.3) is 0 Å². The van der Waals surface area contributed by atoms with E-state index < -0.39 is 0 Å². The second-order valence-corrected chi connectivity index (χ2v) is 6.05. The number of rotatable bonds is 4. The molecule has 0 radical (unpaired) electrons. The van der Waals surface area contributed by atoms with E-state index in [1.807, 2.05) is 12.3 Å². The van der Waals surface area contributed by atoms with Crippen LogP contribution in [0.5, 0.6) is 0 Å². The molecule has 1 fully saturated rings. The summed E-state index contributed by atoms with van der Waals surface area (Å²) in [6, 6.07) is 13.7. The number of benzene rings is 1. The van der Waals surface area contributed by atoms with E-state index >= 15 is 0 Å². The molecule has 0 spiro atoms. The van der Waals surface area contributed by atoms with Crippen LogP contribution in [0.25, 0.3) is 0 Å². The van der Waals surface area contributed by atoms with Crippen molar-refractivity contribution < 1.29 is 0 Å². The molecule has 1 saturated heterocycles. The van der Waals surface area contributed by atoms with Crippen molar-refractivity contribution in [1.29, 1.82) is 0 Å². The highest BCUT2D eigenvalue weighted by Gasteiger charge is 2.24. The molecule has 0 saturated carbocycles. The standard InChI is InChI=1S/C19H25N3/c1-3-16-6-8-17(9-7-16)19-13-20-11-12-22(19)14-18-15(2)5-4-10-21-18/h4-10,19-20H,3,11-14H2,1-2H3. The molecule has 0 bridgehead atoms. The lowest BCUT2D eigenvalue weighted by molar-refractivity contribution is 0.151. The summed E-state index contributed by atoms with van der Waals surface area (Å²) in [5, 5.41) is 3.53. The molecule has 116 valence electrons. The molecule has 1 aromatic heterocycles. The van der Waals surface area contributed by atoms with Gasteiger partial charge in [0.15, 0.2) is 0 Å². The van der Waals surface area contributed by atoms with Crippen LogP contribution < -0.4 is 5.32 Å². The van der Waals surface area contributed by atoms with Crippen LogP contribution in [0.4, 0.5) is 0 Å². The first-order valence-electron chi connectivity index (χ1n) is 8.22.